The van der Waals surface area contributed by atoms with Crippen molar-refractivity contribution in [1.82, 2.24) is 4.90 Å². The van der Waals surface area contributed by atoms with E-state index in [-0.39, 0.29) is 6.10 Å². The fourth-order valence-corrected chi connectivity index (χ4v) is 3.13. The molecule has 98 valence electrons. The average Bonchev–Trinajstić information content (AvgIpc) is 2.39. The Morgan fingerprint density at radius 2 is 2.33 bits per heavy atom. The van der Waals surface area contributed by atoms with E-state index in [9.17, 15) is 5.11 Å². The number of aliphatic hydroxyl groups is 1. The van der Waals surface area contributed by atoms with E-state index in [1.165, 1.54) is 23.3 Å². The van der Waals surface area contributed by atoms with Crippen LogP contribution in [0.4, 0.5) is 0 Å². The molecule has 3 nitrogen and oxygen atoms in total. The maximum absolute atomic E-state index is 9.79. The Balaban J connectivity index is 1.95. The summed E-state index contributed by atoms with van der Waals surface area (Å²) in [6.07, 6.45) is 7.68. The minimum atomic E-state index is -0.347. The lowest BCUT2D eigenvalue weighted by Crippen LogP contribution is -2.35. The number of nitrogens with zero attached hydrogens (tertiary/aromatic N) is 1. The minimum Gasteiger partial charge on any atom is -0.490 e. The predicted molar refractivity (Wildman–Crippen MR) is 70.9 cm³/mol. The molecule has 0 bridgehead atoms. The van der Waals surface area contributed by atoms with Gasteiger partial charge >= 0.3 is 0 Å². The third-order valence-electron chi connectivity index (χ3n) is 3.97. The third kappa shape index (κ3) is 1.97. The van der Waals surface area contributed by atoms with Crippen LogP contribution >= 0.6 is 0 Å². The smallest absolute Gasteiger partial charge is 0.142 e. The van der Waals surface area contributed by atoms with Gasteiger partial charge in [-0.15, -0.1) is 0 Å². The first kappa shape index (κ1) is 11.8. The van der Waals surface area contributed by atoms with Gasteiger partial charge in [0.25, 0.3) is 0 Å². The summed E-state index contributed by atoms with van der Waals surface area (Å²) < 4.78 is 5.91. The molecule has 0 fully saturated rings. The quantitative estimate of drug-likeness (QED) is 0.813. The number of hydrogen-bond donors (Lipinski definition) is 1. The lowest BCUT2D eigenvalue weighted by molar-refractivity contribution is 0.123. The normalized spacial score (nSPS) is 27.0. The van der Waals surface area contributed by atoms with Crippen molar-refractivity contribution < 1.29 is 9.84 Å². The molecule has 1 N–H and O–H groups in total. The fraction of sp³-hybridized carbons (Fsp3) is 0.600. The highest BCUT2D eigenvalue weighted by atomic mass is 16.5. The molecule has 0 amide bonds. The Labute approximate surface area is 108 Å². The van der Waals surface area contributed by atoms with Gasteiger partial charge in [-0.2, -0.15) is 0 Å². The zero-order valence-electron chi connectivity index (χ0n) is 11.0. The Hall–Kier alpha value is -1.22. The van der Waals surface area contributed by atoms with Crippen molar-refractivity contribution in [2.24, 2.45) is 0 Å². The van der Waals surface area contributed by atoms with Gasteiger partial charge in [0.15, 0.2) is 0 Å². The van der Waals surface area contributed by atoms with Crippen LogP contribution in [0, 0.1) is 0 Å². The van der Waals surface area contributed by atoms with Crippen molar-refractivity contribution in [3.63, 3.8) is 0 Å². The highest BCUT2D eigenvalue weighted by molar-refractivity contribution is 5.46. The molecule has 2 aliphatic carbocycles. The minimum absolute atomic E-state index is 0.347. The Bertz CT molecular complexity index is 434. The van der Waals surface area contributed by atoms with Gasteiger partial charge < -0.3 is 14.7 Å². The van der Waals surface area contributed by atoms with E-state index in [1.54, 1.807) is 0 Å². The second kappa shape index (κ2) is 4.81. The number of rotatable bonds is 2. The first-order valence-electron chi connectivity index (χ1n) is 6.99. The number of fused-ring (bicyclic) bond motifs is 1. The maximum Gasteiger partial charge on any atom is 0.142 e. The lowest BCUT2D eigenvalue weighted by atomic mass is 9.85. The molecule has 1 atom stereocenters. The van der Waals surface area contributed by atoms with E-state index >= 15 is 0 Å². The van der Waals surface area contributed by atoms with Crippen LogP contribution in [-0.4, -0.2) is 35.8 Å². The summed E-state index contributed by atoms with van der Waals surface area (Å²) in [7, 11) is 0. The van der Waals surface area contributed by atoms with Gasteiger partial charge in [0.2, 0.25) is 0 Å². The van der Waals surface area contributed by atoms with Crippen molar-refractivity contribution in [1.29, 1.82) is 0 Å². The second-order valence-electron chi connectivity index (χ2n) is 5.25. The summed E-state index contributed by atoms with van der Waals surface area (Å²) >= 11 is 0. The van der Waals surface area contributed by atoms with E-state index in [0.717, 1.165) is 38.3 Å². The molecule has 0 spiro atoms. The number of ether oxygens (including phenoxy) is 1. The van der Waals surface area contributed by atoms with Crippen LogP contribution in [0.3, 0.4) is 0 Å². The molecule has 1 unspecified atom stereocenters. The molecular formula is C15H21NO2. The van der Waals surface area contributed by atoms with Gasteiger partial charge in [-0.25, -0.2) is 0 Å². The third-order valence-corrected chi connectivity index (χ3v) is 3.97. The standard InChI is InChI=1S/C15H21NO2/c1-2-7-16-8-9-18-15-13-10-12(17)5-3-11(13)4-6-14(15)16/h3,5,12,17H,2,4,6-10H2,1H3. The summed E-state index contributed by atoms with van der Waals surface area (Å²) in [5.41, 5.74) is 3.97. The largest absolute Gasteiger partial charge is 0.490 e. The predicted octanol–water partition coefficient (Wildman–Crippen LogP) is 2.35. The van der Waals surface area contributed by atoms with Gasteiger partial charge in [-0.05, 0) is 24.8 Å². The lowest BCUT2D eigenvalue weighted by Gasteiger charge is -2.38. The molecule has 1 heterocycles. The zero-order valence-corrected chi connectivity index (χ0v) is 11.0. The van der Waals surface area contributed by atoms with E-state index in [1.807, 2.05) is 6.08 Å². The van der Waals surface area contributed by atoms with Crippen molar-refractivity contribution in [2.45, 2.75) is 38.7 Å². The summed E-state index contributed by atoms with van der Waals surface area (Å²) in [6.45, 7) is 5.11. The molecule has 18 heavy (non-hydrogen) atoms. The van der Waals surface area contributed by atoms with Crippen LogP contribution in [0.5, 0.6) is 0 Å². The van der Waals surface area contributed by atoms with Crippen LogP contribution in [0.1, 0.15) is 32.6 Å². The molecular weight excluding hydrogens is 226 g/mol. The summed E-state index contributed by atoms with van der Waals surface area (Å²) in [6, 6.07) is 0. The molecule has 3 aliphatic rings. The van der Waals surface area contributed by atoms with E-state index in [2.05, 4.69) is 17.9 Å². The van der Waals surface area contributed by atoms with Crippen molar-refractivity contribution in [3.05, 3.63) is 34.8 Å². The maximum atomic E-state index is 9.79. The van der Waals surface area contributed by atoms with Crippen LogP contribution in [-0.2, 0) is 4.74 Å². The van der Waals surface area contributed by atoms with Gasteiger partial charge in [0, 0.05) is 18.5 Å². The molecule has 0 radical (unpaired) electrons. The van der Waals surface area contributed by atoms with Crippen molar-refractivity contribution >= 4 is 0 Å². The van der Waals surface area contributed by atoms with Crippen LogP contribution < -0.4 is 0 Å². The molecule has 3 rings (SSSR count). The Morgan fingerprint density at radius 3 is 3.17 bits per heavy atom. The van der Waals surface area contributed by atoms with Crippen molar-refractivity contribution in [2.75, 3.05) is 19.7 Å². The topological polar surface area (TPSA) is 32.7 Å². The fourth-order valence-electron chi connectivity index (χ4n) is 3.13. The Morgan fingerprint density at radius 1 is 1.44 bits per heavy atom. The highest BCUT2D eigenvalue weighted by Crippen LogP contribution is 2.39. The van der Waals surface area contributed by atoms with Crippen molar-refractivity contribution in [3.8, 4) is 0 Å². The molecule has 0 saturated heterocycles. The summed E-state index contributed by atoms with van der Waals surface area (Å²) in [5, 5.41) is 9.79. The molecule has 0 aromatic heterocycles. The van der Waals surface area contributed by atoms with Gasteiger partial charge in [0.05, 0.1) is 18.3 Å². The van der Waals surface area contributed by atoms with E-state index in [4.69, 9.17) is 4.74 Å². The first-order valence-corrected chi connectivity index (χ1v) is 6.99. The van der Waals surface area contributed by atoms with E-state index < -0.39 is 0 Å². The van der Waals surface area contributed by atoms with Crippen LogP contribution in [0.2, 0.25) is 0 Å². The highest BCUT2D eigenvalue weighted by Gasteiger charge is 2.30. The summed E-state index contributed by atoms with van der Waals surface area (Å²) in [4.78, 5) is 2.47. The average molecular weight is 247 g/mol. The molecule has 0 aromatic rings. The second-order valence-corrected chi connectivity index (χ2v) is 5.25. The number of allylic oxidation sites excluding steroid dienone is 4. The SMILES string of the molecule is CCCN1CCOC2=C1CCC1=C2CC(O)C=C1. The van der Waals surface area contributed by atoms with Gasteiger partial charge in [-0.1, -0.05) is 19.1 Å². The first-order chi connectivity index (χ1) is 8.79. The zero-order chi connectivity index (χ0) is 12.5. The molecule has 0 saturated carbocycles. The van der Waals surface area contributed by atoms with Crippen LogP contribution in [0.15, 0.2) is 34.8 Å². The van der Waals surface area contributed by atoms with E-state index in [0.29, 0.717) is 6.42 Å². The van der Waals surface area contributed by atoms with Gasteiger partial charge in [-0.3, -0.25) is 0 Å². The number of aliphatic hydroxyl groups excluding tert-OH is 1. The summed E-state index contributed by atoms with van der Waals surface area (Å²) in [5.74, 6) is 1.07. The Kier molecular flexibility index (Phi) is 3.16. The molecule has 1 aliphatic heterocycles. The number of hydrogen-bond acceptors (Lipinski definition) is 3. The van der Waals surface area contributed by atoms with Crippen LogP contribution in [0.25, 0.3) is 0 Å². The van der Waals surface area contributed by atoms with Gasteiger partial charge in [0.1, 0.15) is 12.4 Å². The molecule has 0 aromatic carbocycles. The monoisotopic (exact) mass is 247 g/mol. The molecule has 3 heteroatoms.